The zero-order valence-electron chi connectivity index (χ0n) is 19.6. The van der Waals surface area contributed by atoms with Crippen LogP contribution in [0.5, 0.6) is 5.75 Å². The SMILES string of the molecule is CCOc1cc(/C(O)=C2/C(=O)C(=O)N(CCOC)C2c2ccc(C(C)(C)C)cc2)ccc1Cl. The smallest absolute Gasteiger partial charge is 0.295 e. The molecule has 3 rings (SSSR count). The van der Waals surface area contributed by atoms with Gasteiger partial charge in [0.15, 0.2) is 0 Å². The monoisotopic (exact) mass is 471 g/mol. The number of Topliss-reactive ketones (excluding diaryl/α,β-unsaturated/α-hetero) is 1. The molecule has 6 nitrogen and oxygen atoms in total. The summed E-state index contributed by atoms with van der Waals surface area (Å²) in [7, 11) is 1.53. The number of rotatable bonds is 7. The fourth-order valence-electron chi connectivity index (χ4n) is 3.88. The number of carbonyl (C=O) groups is 2. The minimum absolute atomic E-state index is 0.0318. The molecule has 1 amide bonds. The molecule has 1 aliphatic heterocycles. The van der Waals surface area contributed by atoms with Gasteiger partial charge < -0.3 is 19.5 Å². The van der Waals surface area contributed by atoms with E-state index >= 15 is 0 Å². The number of ketones is 1. The summed E-state index contributed by atoms with van der Waals surface area (Å²) >= 11 is 6.18. The molecule has 1 N–H and O–H groups in total. The second kappa shape index (κ2) is 9.98. The van der Waals surface area contributed by atoms with Crippen LogP contribution in [0.1, 0.15) is 50.4 Å². The van der Waals surface area contributed by atoms with Gasteiger partial charge in [-0.25, -0.2) is 0 Å². The van der Waals surface area contributed by atoms with E-state index < -0.39 is 17.7 Å². The first-order chi connectivity index (χ1) is 15.6. The number of carbonyl (C=O) groups excluding carboxylic acids is 2. The number of halogens is 1. The van der Waals surface area contributed by atoms with Crippen molar-refractivity contribution in [3.63, 3.8) is 0 Å². The number of ether oxygens (including phenoxy) is 2. The number of methoxy groups -OCH3 is 1. The van der Waals surface area contributed by atoms with Crippen LogP contribution >= 0.6 is 11.6 Å². The second-order valence-corrected chi connectivity index (χ2v) is 9.34. The molecule has 1 atom stereocenters. The maximum Gasteiger partial charge on any atom is 0.295 e. The lowest BCUT2D eigenvalue weighted by molar-refractivity contribution is -0.140. The first-order valence-corrected chi connectivity index (χ1v) is 11.3. The first-order valence-electron chi connectivity index (χ1n) is 10.9. The highest BCUT2D eigenvalue weighted by Crippen LogP contribution is 2.40. The molecule has 33 heavy (non-hydrogen) atoms. The Morgan fingerprint density at radius 2 is 1.79 bits per heavy atom. The first kappa shape index (κ1) is 24.8. The molecule has 1 aliphatic rings. The lowest BCUT2D eigenvalue weighted by Crippen LogP contribution is -2.32. The molecule has 1 fully saturated rings. The Labute approximate surface area is 199 Å². The second-order valence-electron chi connectivity index (χ2n) is 8.94. The summed E-state index contributed by atoms with van der Waals surface area (Å²) < 4.78 is 10.7. The number of amides is 1. The number of aliphatic hydroxyl groups excluding tert-OH is 1. The summed E-state index contributed by atoms with van der Waals surface area (Å²) in [5.41, 5.74) is 2.20. The Balaban J connectivity index is 2.15. The van der Waals surface area contributed by atoms with Gasteiger partial charge in [-0.2, -0.15) is 0 Å². The molecular weight excluding hydrogens is 442 g/mol. The predicted molar refractivity (Wildman–Crippen MR) is 129 cm³/mol. The number of aliphatic hydroxyl groups is 1. The van der Waals surface area contributed by atoms with Gasteiger partial charge in [0.1, 0.15) is 11.5 Å². The number of hydrogen-bond donors (Lipinski definition) is 1. The molecule has 1 saturated heterocycles. The minimum atomic E-state index is -0.736. The average molecular weight is 472 g/mol. The van der Waals surface area contributed by atoms with E-state index in [-0.39, 0.29) is 29.9 Å². The summed E-state index contributed by atoms with van der Waals surface area (Å²) in [6.45, 7) is 9.04. The van der Waals surface area contributed by atoms with Gasteiger partial charge in [-0.05, 0) is 41.7 Å². The van der Waals surface area contributed by atoms with Gasteiger partial charge in [-0.15, -0.1) is 0 Å². The third kappa shape index (κ3) is 5.07. The molecule has 2 aromatic carbocycles. The van der Waals surface area contributed by atoms with E-state index in [1.165, 1.54) is 12.0 Å². The Hall–Kier alpha value is -2.83. The lowest BCUT2D eigenvalue weighted by Gasteiger charge is -2.26. The highest BCUT2D eigenvalue weighted by Gasteiger charge is 2.46. The number of benzene rings is 2. The number of likely N-dealkylation sites (tertiary alicyclic amines) is 1. The van der Waals surface area contributed by atoms with Crippen molar-refractivity contribution >= 4 is 29.1 Å². The molecule has 1 heterocycles. The van der Waals surface area contributed by atoms with Gasteiger partial charge >= 0.3 is 0 Å². The molecule has 0 radical (unpaired) electrons. The van der Waals surface area contributed by atoms with Crippen LogP contribution in [-0.4, -0.2) is 48.6 Å². The minimum Gasteiger partial charge on any atom is -0.507 e. The van der Waals surface area contributed by atoms with Crippen molar-refractivity contribution in [2.75, 3.05) is 26.9 Å². The van der Waals surface area contributed by atoms with Crippen molar-refractivity contribution in [3.05, 3.63) is 69.8 Å². The van der Waals surface area contributed by atoms with Gasteiger partial charge in [-0.3, -0.25) is 9.59 Å². The van der Waals surface area contributed by atoms with Gasteiger partial charge in [0.25, 0.3) is 11.7 Å². The quantitative estimate of drug-likeness (QED) is 0.345. The third-order valence-electron chi connectivity index (χ3n) is 5.67. The fourth-order valence-corrected chi connectivity index (χ4v) is 4.06. The van der Waals surface area contributed by atoms with Crippen molar-refractivity contribution in [2.24, 2.45) is 0 Å². The molecule has 7 heteroatoms. The summed E-state index contributed by atoms with van der Waals surface area (Å²) in [5.74, 6) is -1.28. The fraction of sp³-hybridized carbons (Fsp3) is 0.385. The zero-order chi connectivity index (χ0) is 24.3. The van der Waals surface area contributed by atoms with Gasteiger partial charge in [0.05, 0.1) is 29.9 Å². The Morgan fingerprint density at radius 3 is 2.36 bits per heavy atom. The van der Waals surface area contributed by atoms with E-state index in [0.29, 0.717) is 22.9 Å². The Morgan fingerprint density at radius 1 is 1.12 bits per heavy atom. The van der Waals surface area contributed by atoms with E-state index in [4.69, 9.17) is 21.1 Å². The molecule has 0 aromatic heterocycles. The van der Waals surface area contributed by atoms with Crippen LogP contribution in [-0.2, 0) is 19.7 Å². The van der Waals surface area contributed by atoms with Crippen LogP contribution in [0.15, 0.2) is 48.0 Å². The standard InChI is InChI=1S/C26H30ClNO5/c1-6-33-20-15-17(9-12-19(20)27)23(29)21-22(28(13-14-32-5)25(31)24(21)30)16-7-10-18(11-8-16)26(2,3)4/h7-12,15,22,29H,6,13-14H2,1-5H3/b23-21-. The highest BCUT2D eigenvalue weighted by molar-refractivity contribution is 6.46. The summed E-state index contributed by atoms with van der Waals surface area (Å²) in [6.07, 6.45) is 0. The van der Waals surface area contributed by atoms with E-state index in [0.717, 1.165) is 11.1 Å². The van der Waals surface area contributed by atoms with E-state index in [9.17, 15) is 14.7 Å². The van der Waals surface area contributed by atoms with Gasteiger partial charge in [0.2, 0.25) is 0 Å². The molecule has 1 unspecified atom stereocenters. The molecule has 0 spiro atoms. The van der Waals surface area contributed by atoms with Crippen molar-refractivity contribution in [1.82, 2.24) is 4.90 Å². The molecule has 0 saturated carbocycles. The van der Waals surface area contributed by atoms with Crippen LogP contribution in [0.2, 0.25) is 5.02 Å². The van der Waals surface area contributed by atoms with Crippen molar-refractivity contribution < 1.29 is 24.2 Å². The van der Waals surface area contributed by atoms with Crippen LogP contribution < -0.4 is 4.74 Å². The molecule has 176 valence electrons. The number of hydrogen-bond acceptors (Lipinski definition) is 5. The largest absolute Gasteiger partial charge is 0.507 e. The van der Waals surface area contributed by atoms with Crippen LogP contribution in [0.4, 0.5) is 0 Å². The van der Waals surface area contributed by atoms with Crippen LogP contribution in [0, 0.1) is 0 Å². The predicted octanol–water partition coefficient (Wildman–Crippen LogP) is 5.10. The molecular formula is C26H30ClNO5. The highest BCUT2D eigenvalue weighted by atomic mass is 35.5. The Bertz CT molecular complexity index is 1070. The van der Waals surface area contributed by atoms with Gasteiger partial charge in [0, 0.05) is 19.2 Å². The topological polar surface area (TPSA) is 76.1 Å². The molecule has 0 bridgehead atoms. The summed E-state index contributed by atoms with van der Waals surface area (Å²) in [6, 6.07) is 11.8. The molecule has 2 aromatic rings. The van der Waals surface area contributed by atoms with Crippen molar-refractivity contribution in [1.29, 1.82) is 0 Å². The molecule has 0 aliphatic carbocycles. The van der Waals surface area contributed by atoms with E-state index in [1.807, 2.05) is 31.2 Å². The zero-order valence-corrected chi connectivity index (χ0v) is 20.4. The number of nitrogens with zero attached hydrogens (tertiary/aromatic N) is 1. The van der Waals surface area contributed by atoms with Crippen molar-refractivity contribution in [3.8, 4) is 5.75 Å². The lowest BCUT2D eigenvalue weighted by atomic mass is 9.85. The summed E-state index contributed by atoms with van der Waals surface area (Å²) in [5, 5.41) is 11.6. The van der Waals surface area contributed by atoms with Crippen molar-refractivity contribution in [2.45, 2.75) is 39.2 Å². The maximum atomic E-state index is 13.1. The maximum absolute atomic E-state index is 13.1. The van der Waals surface area contributed by atoms with Crippen LogP contribution in [0.25, 0.3) is 5.76 Å². The van der Waals surface area contributed by atoms with E-state index in [2.05, 4.69) is 20.8 Å². The van der Waals surface area contributed by atoms with Gasteiger partial charge in [-0.1, -0.05) is 56.6 Å². The van der Waals surface area contributed by atoms with E-state index in [1.54, 1.807) is 18.2 Å². The summed E-state index contributed by atoms with van der Waals surface area (Å²) in [4.78, 5) is 27.4. The average Bonchev–Trinajstić information content (AvgIpc) is 3.03. The third-order valence-corrected chi connectivity index (χ3v) is 5.99. The Kier molecular flexibility index (Phi) is 7.50. The van der Waals surface area contributed by atoms with Crippen LogP contribution in [0.3, 0.4) is 0 Å². The normalized spacial score (nSPS) is 18.1.